The molecule has 0 saturated carbocycles. The highest BCUT2D eigenvalue weighted by Gasteiger charge is 2.11. The normalized spacial score (nSPS) is 11.0. The summed E-state index contributed by atoms with van der Waals surface area (Å²) in [7, 11) is 0. The Kier molecular flexibility index (Phi) is 7.14. The lowest BCUT2D eigenvalue weighted by Gasteiger charge is -2.06. The fourth-order valence-electron chi connectivity index (χ4n) is 1.56. The second-order valence-electron chi connectivity index (χ2n) is 3.78. The molecule has 104 valence electrons. The van der Waals surface area contributed by atoms with Gasteiger partial charge in [0.15, 0.2) is 0 Å². The third-order valence-electron chi connectivity index (χ3n) is 2.50. The smallest absolute Gasteiger partial charge is 0.320 e. The number of hydrogen-bond acceptors (Lipinski definition) is 3. The number of nitrogens with two attached hydrogens (primary N) is 1. The number of carbonyl (C=O) groups is 1. The first kappa shape index (κ1) is 17.4. The van der Waals surface area contributed by atoms with Gasteiger partial charge in [-0.3, -0.25) is 4.79 Å². The molecule has 0 radical (unpaired) electrons. The average Bonchev–Trinajstić information content (AvgIpc) is 2.83. The van der Waals surface area contributed by atoms with Crippen molar-refractivity contribution in [2.24, 2.45) is 5.73 Å². The van der Waals surface area contributed by atoms with Crippen LogP contribution in [0.5, 0.6) is 0 Å². The highest BCUT2D eigenvalue weighted by atomic mass is 35.5. The third-order valence-corrected chi connectivity index (χ3v) is 2.50. The predicted molar refractivity (Wildman–Crippen MR) is 77.8 cm³/mol. The van der Waals surface area contributed by atoms with Crippen molar-refractivity contribution < 1.29 is 9.90 Å². The predicted octanol–water partition coefficient (Wildman–Crippen LogP) is 1.87. The molecule has 0 saturated heterocycles. The number of hydrogen-bond donors (Lipinski definition) is 3. The molecule has 5 nitrogen and oxygen atoms in total. The number of nitrogens with one attached hydrogen (secondary N) is 1. The van der Waals surface area contributed by atoms with E-state index in [9.17, 15) is 4.79 Å². The molecule has 0 aliphatic carbocycles. The number of aromatic nitrogens is 2. The first-order valence-electron chi connectivity index (χ1n) is 5.24. The molecule has 0 amide bonds. The van der Waals surface area contributed by atoms with E-state index >= 15 is 0 Å². The SMILES string of the molecule is Cl.Cl.NC(Cc1ccc(-c2ncc[nH]2)cc1)C(=O)O. The van der Waals surface area contributed by atoms with Gasteiger partial charge in [-0.1, -0.05) is 24.3 Å². The van der Waals surface area contributed by atoms with E-state index in [-0.39, 0.29) is 24.8 Å². The van der Waals surface area contributed by atoms with E-state index in [0.717, 1.165) is 17.0 Å². The van der Waals surface area contributed by atoms with E-state index in [2.05, 4.69) is 9.97 Å². The summed E-state index contributed by atoms with van der Waals surface area (Å²) < 4.78 is 0. The van der Waals surface area contributed by atoms with Gasteiger partial charge < -0.3 is 15.8 Å². The zero-order valence-electron chi connectivity index (χ0n) is 9.95. The summed E-state index contributed by atoms with van der Waals surface area (Å²) >= 11 is 0. The molecule has 0 aliphatic rings. The van der Waals surface area contributed by atoms with Gasteiger partial charge in [0.25, 0.3) is 0 Å². The number of imidazole rings is 1. The average molecular weight is 304 g/mol. The Hall–Kier alpha value is -1.56. The van der Waals surface area contributed by atoms with Crippen molar-refractivity contribution in [3.63, 3.8) is 0 Å². The largest absolute Gasteiger partial charge is 0.480 e. The van der Waals surface area contributed by atoms with Crippen LogP contribution >= 0.6 is 24.8 Å². The summed E-state index contributed by atoms with van der Waals surface area (Å²) in [5, 5.41) is 8.71. The highest BCUT2D eigenvalue weighted by Crippen LogP contribution is 2.15. The van der Waals surface area contributed by atoms with Crippen molar-refractivity contribution in [2.45, 2.75) is 12.5 Å². The fourth-order valence-corrected chi connectivity index (χ4v) is 1.56. The van der Waals surface area contributed by atoms with Gasteiger partial charge in [-0.25, -0.2) is 4.98 Å². The number of carboxylic acids is 1. The molecule has 2 rings (SSSR count). The molecule has 7 heteroatoms. The molecule has 1 aromatic carbocycles. The van der Waals surface area contributed by atoms with Crippen LogP contribution in [0.2, 0.25) is 0 Å². The number of aromatic amines is 1. The van der Waals surface area contributed by atoms with Crippen molar-refractivity contribution >= 4 is 30.8 Å². The van der Waals surface area contributed by atoms with Gasteiger partial charge in [-0.15, -0.1) is 24.8 Å². The first-order valence-corrected chi connectivity index (χ1v) is 5.24. The molecule has 2 aromatic rings. The Balaban J connectivity index is 0.00000162. The maximum atomic E-state index is 10.6. The molecule has 1 heterocycles. The van der Waals surface area contributed by atoms with E-state index in [0.29, 0.717) is 6.42 Å². The van der Waals surface area contributed by atoms with Crippen molar-refractivity contribution in [2.75, 3.05) is 0 Å². The van der Waals surface area contributed by atoms with Crippen LogP contribution in [0.15, 0.2) is 36.7 Å². The lowest BCUT2D eigenvalue weighted by Crippen LogP contribution is -2.32. The van der Waals surface area contributed by atoms with Gasteiger partial charge in [0.1, 0.15) is 11.9 Å². The van der Waals surface area contributed by atoms with E-state index < -0.39 is 12.0 Å². The van der Waals surface area contributed by atoms with Gasteiger partial charge in [0.05, 0.1) is 0 Å². The molecular weight excluding hydrogens is 289 g/mol. The van der Waals surface area contributed by atoms with Crippen LogP contribution in [0, 0.1) is 0 Å². The minimum atomic E-state index is -0.986. The van der Waals surface area contributed by atoms with E-state index in [4.69, 9.17) is 10.8 Å². The molecule has 1 unspecified atom stereocenters. The van der Waals surface area contributed by atoms with Crippen molar-refractivity contribution in [1.82, 2.24) is 9.97 Å². The van der Waals surface area contributed by atoms with Crippen LogP contribution in [-0.2, 0) is 11.2 Å². The second-order valence-corrected chi connectivity index (χ2v) is 3.78. The van der Waals surface area contributed by atoms with Crippen molar-refractivity contribution in [3.05, 3.63) is 42.2 Å². The Morgan fingerprint density at radius 3 is 2.42 bits per heavy atom. The Morgan fingerprint density at radius 2 is 1.95 bits per heavy atom. The fraction of sp³-hybridized carbons (Fsp3) is 0.167. The van der Waals surface area contributed by atoms with Crippen LogP contribution < -0.4 is 5.73 Å². The number of carboxylic acid groups (broad SMARTS) is 1. The van der Waals surface area contributed by atoms with E-state index in [1.54, 1.807) is 12.4 Å². The number of halogens is 2. The standard InChI is InChI=1S/C12H13N3O2.2ClH/c13-10(12(16)17)7-8-1-3-9(4-2-8)11-14-5-6-15-11;;/h1-6,10H,7,13H2,(H,14,15)(H,16,17);2*1H. The van der Waals surface area contributed by atoms with E-state index in [1.807, 2.05) is 24.3 Å². The molecule has 19 heavy (non-hydrogen) atoms. The van der Waals surface area contributed by atoms with Gasteiger partial charge in [0, 0.05) is 18.0 Å². The van der Waals surface area contributed by atoms with Crippen LogP contribution in [0.1, 0.15) is 5.56 Å². The number of benzene rings is 1. The van der Waals surface area contributed by atoms with Crippen molar-refractivity contribution in [1.29, 1.82) is 0 Å². The molecule has 1 atom stereocenters. The Labute approximate surface area is 123 Å². The van der Waals surface area contributed by atoms with Gasteiger partial charge in [-0.2, -0.15) is 0 Å². The third kappa shape index (κ3) is 4.55. The zero-order valence-corrected chi connectivity index (χ0v) is 11.6. The van der Waals surface area contributed by atoms with Crippen LogP contribution in [-0.4, -0.2) is 27.1 Å². The molecule has 0 bridgehead atoms. The summed E-state index contributed by atoms with van der Waals surface area (Å²) in [6, 6.07) is 6.65. The van der Waals surface area contributed by atoms with Crippen LogP contribution in [0.4, 0.5) is 0 Å². The summed E-state index contributed by atoms with van der Waals surface area (Å²) in [5.74, 6) is -0.195. The number of nitrogens with zero attached hydrogens (tertiary/aromatic N) is 1. The topological polar surface area (TPSA) is 92.0 Å². The molecular formula is C12H15Cl2N3O2. The Bertz CT molecular complexity index is 500. The molecule has 0 spiro atoms. The summed E-state index contributed by atoms with van der Waals surface area (Å²) in [5.41, 5.74) is 7.32. The van der Waals surface area contributed by atoms with Gasteiger partial charge in [0.2, 0.25) is 0 Å². The van der Waals surface area contributed by atoms with Gasteiger partial charge in [-0.05, 0) is 12.0 Å². The first-order chi connectivity index (χ1) is 8.16. The summed E-state index contributed by atoms with van der Waals surface area (Å²) in [4.78, 5) is 17.8. The second kappa shape index (κ2) is 7.78. The number of aliphatic carboxylic acids is 1. The van der Waals surface area contributed by atoms with Crippen LogP contribution in [0.25, 0.3) is 11.4 Å². The molecule has 0 aliphatic heterocycles. The zero-order chi connectivity index (χ0) is 12.3. The Morgan fingerprint density at radius 1 is 1.32 bits per heavy atom. The van der Waals surface area contributed by atoms with Crippen LogP contribution in [0.3, 0.4) is 0 Å². The number of H-pyrrole nitrogens is 1. The molecule has 0 fully saturated rings. The van der Waals surface area contributed by atoms with Crippen molar-refractivity contribution in [3.8, 4) is 11.4 Å². The summed E-state index contributed by atoms with van der Waals surface area (Å²) in [6.45, 7) is 0. The van der Waals surface area contributed by atoms with Gasteiger partial charge >= 0.3 is 5.97 Å². The summed E-state index contributed by atoms with van der Waals surface area (Å²) in [6.07, 6.45) is 3.76. The minimum Gasteiger partial charge on any atom is -0.480 e. The highest BCUT2D eigenvalue weighted by molar-refractivity contribution is 5.85. The maximum Gasteiger partial charge on any atom is 0.320 e. The lowest BCUT2D eigenvalue weighted by atomic mass is 10.0. The molecule has 4 N–H and O–H groups in total. The maximum absolute atomic E-state index is 10.6. The number of rotatable bonds is 4. The van der Waals surface area contributed by atoms with E-state index in [1.165, 1.54) is 0 Å². The minimum absolute atomic E-state index is 0. The lowest BCUT2D eigenvalue weighted by molar-refractivity contribution is -0.138. The quantitative estimate of drug-likeness (QED) is 0.804. The molecule has 1 aromatic heterocycles. The monoisotopic (exact) mass is 303 g/mol.